The van der Waals surface area contributed by atoms with Crippen LogP contribution in [0, 0.1) is 19.3 Å². The van der Waals surface area contributed by atoms with E-state index >= 15 is 0 Å². The van der Waals surface area contributed by atoms with Crippen LogP contribution in [-0.4, -0.2) is 33.5 Å². The van der Waals surface area contributed by atoms with Crippen LogP contribution >= 0.6 is 0 Å². The number of rotatable bonds is 5. The summed E-state index contributed by atoms with van der Waals surface area (Å²) >= 11 is 0. The van der Waals surface area contributed by atoms with Crippen LogP contribution in [0.25, 0.3) is 0 Å². The molecule has 0 amide bonds. The number of allylic oxidation sites excluding steroid dienone is 1. The van der Waals surface area contributed by atoms with Gasteiger partial charge in [-0.05, 0) is 43.2 Å². The number of terminal acetylenes is 1. The normalized spacial score (nSPS) is 19.4. The van der Waals surface area contributed by atoms with Crippen molar-refractivity contribution in [3.05, 3.63) is 65.9 Å². The number of methoxy groups -OCH3 is 2. The molecule has 1 heterocycles. The molecule has 0 radical (unpaired) electrons. The Morgan fingerprint density at radius 1 is 1.11 bits per heavy atom. The molecule has 28 heavy (non-hydrogen) atoms. The lowest BCUT2D eigenvalue weighted by molar-refractivity contribution is 0.354. The summed E-state index contributed by atoms with van der Waals surface area (Å²) in [7, 11) is -0.642. The molecule has 1 aliphatic rings. The first-order valence-corrected chi connectivity index (χ1v) is 10.2. The van der Waals surface area contributed by atoms with E-state index in [1.54, 1.807) is 50.6 Å². The SMILES string of the molecule is C#CC1(c2ccc(OC)c(OC)c2)CCN(S(=O)(=O)c2ccc(C)cc2)C1=C. The maximum atomic E-state index is 13.2. The van der Waals surface area contributed by atoms with Gasteiger partial charge in [-0.3, -0.25) is 4.31 Å². The molecule has 0 aliphatic carbocycles. The third kappa shape index (κ3) is 3.02. The highest BCUT2D eigenvalue weighted by Crippen LogP contribution is 2.46. The van der Waals surface area contributed by atoms with Gasteiger partial charge < -0.3 is 9.47 Å². The van der Waals surface area contributed by atoms with Gasteiger partial charge in [0, 0.05) is 12.2 Å². The quantitative estimate of drug-likeness (QED) is 0.725. The first kappa shape index (κ1) is 19.8. The van der Waals surface area contributed by atoms with E-state index in [-0.39, 0.29) is 11.4 Å². The molecule has 0 aromatic heterocycles. The molecule has 5 nitrogen and oxygen atoms in total. The minimum Gasteiger partial charge on any atom is -0.493 e. The highest BCUT2D eigenvalue weighted by atomic mass is 32.2. The molecule has 0 N–H and O–H groups in total. The summed E-state index contributed by atoms with van der Waals surface area (Å²) < 4.78 is 38.3. The van der Waals surface area contributed by atoms with Crippen LogP contribution in [0.4, 0.5) is 0 Å². The Hall–Kier alpha value is -2.91. The minimum absolute atomic E-state index is 0.222. The molecule has 1 fully saturated rings. The summed E-state index contributed by atoms with van der Waals surface area (Å²) in [4.78, 5) is 0.222. The fourth-order valence-electron chi connectivity index (χ4n) is 3.52. The van der Waals surface area contributed by atoms with Gasteiger partial charge >= 0.3 is 0 Å². The lowest BCUT2D eigenvalue weighted by atomic mass is 9.78. The predicted molar refractivity (Wildman–Crippen MR) is 109 cm³/mol. The molecule has 0 spiro atoms. The fraction of sp³-hybridized carbons (Fsp3) is 0.273. The Kier molecular flexibility index (Phi) is 5.14. The van der Waals surface area contributed by atoms with Crippen molar-refractivity contribution in [3.63, 3.8) is 0 Å². The molecule has 3 rings (SSSR count). The van der Waals surface area contributed by atoms with Crippen molar-refractivity contribution in [2.24, 2.45) is 0 Å². The molecule has 1 aliphatic heterocycles. The average molecular weight is 397 g/mol. The zero-order valence-electron chi connectivity index (χ0n) is 16.2. The Balaban J connectivity index is 2.03. The van der Waals surface area contributed by atoms with Gasteiger partial charge in [0.1, 0.15) is 0 Å². The number of sulfonamides is 1. The predicted octanol–water partition coefficient (Wildman–Crippen LogP) is 3.49. The topological polar surface area (TPSA) is 55.8 Å². The molecule has 6 heteroatoms. The monoisotopic (exact) mass is 397 g/mol. The molecule has 0 saturated carbocycles. The van der Waals surface area contributed by atoms with E-state index in [2.05, 4.69) is 12.5 Å². The van der Waals surface area contributed by atoms with E-state index in [1.807, 2.05) is 13.0 Å². The zero-order chi connectivity index (χ0) is 20.5. The van der Waals surface area contributed by atoms with Crippen molar-refractivity contribution >= 4 is 10.0 Å². The van der Waals surface area contributed by atoms with Crippen LogP contribution in [0.15, 0.2) is 59.6 Å². The fourth-order valence-corrected chi connectivity index (χ4v) is 5.03. The molecular formula is C22H23NO4S. The second kappa shape index (κ2) is 7.25. The molecule has 2 aromatic carbocycles. The van der Waals surface area contributed by atoms with Crippen molar-refractivity contribution in [3.8, 4) is 23.8 Å². The van der Waals surface area contributed by atoms with Crippen molar-refractivity contribution < 1.29 is 17.9 Å². The lowest BCUT2D eigenvalue weighted by Crippen LogP contribution is -2.31. The Morgan fingerprint density at radius 3 is 2.32 bits per heavy atom. The summed E-state index contributed by atoms with van der Waals surface area (Å²) in [5.74, 6) is 3.90. The average Bonchev–Trinajstić information content (AvgIpc) is 3.05. The Labute approximate surface area is 166 Å². The van der Waals surface area contributed by atoms with Gasteiger partial charge in [-0.25, -0.2) is 8.42 Å². The van der Waals surface area contributed by atoms with Crippen molar-refractivity contribution in [2.75, 3.05) is 20.8 Å². The minimum atomic E-state index is -3.74. The summed E-state index contributed by atoms with van der Waals surface area (Å²) in [5, 5.41) is 0. The van der Waals surface area contributed by atoms with Crippen LogP contribution < -0.4 is 9.47 Å². The van der Waals surface area contributed by atoms with Crippen molar-refractivity contribution in [2.45, 2.75) is 23.7 Å². The molecule has 2 aromatic rings. The third-order valence-corrected chi connectivity index (χ3v) is 7.07. The van der Waals surface area contributed by atoms with Gasteiger partial charge in [0.05, 0.1) is 24.5 Å². The number of hydrogen-bond donors (Lipinski definition) is 0. The number of aryl methyl sites for hydroxylation is 1. The summed E-state index contributed by atoms with van der Waals surface area (Å²) in [6.45, 7) is 6.24. The smallest absolute Gasteiger partial charge is 0.264 e. The van der Waals surface area contributed by atoms with E-state index in [4.69, 9.17) is 15.9 Å². The second-order valence-corrected chi connectivity index (χ2v) is 8.57. The third-order valence-electron chi connectivity index (χ3n) is 5.22. The van der Waals surface area contributed by atoms with Gasteiger partial charge in [-0.15, -0.1) is 6.42 Å². The van der Waals surface area contributed by atoms with E-state index < -0.39 is 15.4 Å². The second-order valence-electron chi connectivity index (χ2n) is 6.71. The van der Waals surface area contributed by atoms with E-state index in [1.165, 1.54) is 4.31 Å². The van der Waals surface area contributed by atoms with Gasteiger partial charge in [-0.2, -0.15) is 0 Å². The molecular weight excluding hydrogens is 374 g/mol. The summed E-state index contributed by atoms with van der Waals surface area (Å²) in [5.41, 5.74) is 1.17. The van der Waals surface area contributed by atoms with Gasteiger partial charge in [0.2, 0.25) is 0 Å². The van der Waals surface area contributed by atoms with Crippen molar-refractivity contribution in [1.82, 2.24) is 4.31 Å². The highest BCUT2D eigenvalue weighted by molar-refractivity contribution is 7.89. The van der Waals surface area contributed by atoms with Crippen LogP contribution in [0.5, 0.6) is 11.5 Å². The number of ether oxygens (including phenoxy) is 2. The molecule has 1 saturated heterocycles. The van der Waals surface area contributed by atoms with E-state index in [9.17, 15) is 8.42 Å². The Bertz CT molecular complexity index is 1050. The molecule has 0 bridgehead atoms. The summed E-state index contributed by atoms with van der Waals surface area (Å²) in [6, 6.07) is 12.1. The van der Waals surface area contributed by atoms with Gasteiger partial charge in [0.25, 0.3) is 10.0 Å². The maximum Gasteiger partial charge on any atom is 0.264 e. The van der Waals surface area contributed by atoms with E-state index in [0.29, 0.717) is 23.6 Å². The first-order valence-electron chi connectivity index (χ1n) is 8.79. The van der Waals surface area contributed by atoms with Gasteiger partial charge in [-0.1, -0.05) is 36.3 Å². The lowest BCUT2D eigenvalue weighted by Gasteiger charge is -2.28. The first-order chi connectivity index (χ1) is 13.3. The van der Waals surface area contributed by atoms with Crippen LogP contribution in [0.1, 0.15) is 17.5 Å². The number of nitrogens with zero attached hydrogens (tertiary/aromatic N) is 1. The van der Waals surface area contributed by atoms with Crippen LogP contribution in [0.3, 0.4) is 0 Å². The number of benzene rings is 2. The Morgan fingerprint density at radius 2 is 1.75 bits per heavy atom. The van der Waals surface area contributed by atoms with Crippen LogP contribution in [0.2, 0.25) is 0 Å². The summed E-state index contributed by atoms with van der Waals surface area (Å²) in [6.07, 6.45) is 6.35. The molecule has 1 atom stereocenters. The number of hydrogen-bond acceptors (Lipinski definition) is 4. The largest absolute Gasteiger partial charge is 0.493 e. The van der Waals surface area contributed by atoms with Crippen molar-refractivity contribution in [1.29, 1.82) is 0 Å². The standard InChI is InChI=1S/C22H23NO4S/c1-6-22(18-9-12-20(26-4)21(15-18)27-5)13-14-23(17(22)3)28(24,25)19-10-7-16(2)8-11-19/h1,7-12,15H,3,13-14H2,2,4-5H3. The molecule has 1 unspecified atom stereocenters. The maximum absolute atomic E-state index is 13.2. The van der Waals surface area contributed by atoms with Crippen LogP contribution in [-0.2, 0) is 15.4 Å². The zero-order valence-corrected chi connectivity index (χ0v) is 17.0. The van der Waals surface area contributed by atoms with E-state index in [0.717, 1.165) is 11.1 Å². The highest BCUT2D eigenvalue weighted by Gasteiger charge is 2.46. The van der Waals surface area contributed by atoms with Gasteiger partial charge in [0.15, 0.2) is 11.5 Å². The molecule has 146 valence electrons.